The van der Waals surface area contributed by atoms with Crippen LogP contribution in [0.3, 0.4) is 0 Å². The number of nitrogens with zero attached hydrogens (tertiary/aromatic N) is 2. The summed E-state index contributed by atoms with van der Waals surface area (Å²) in [5, 5.41) is 3.23. The second-order valence-electron chi connectivity index (χ2n) is 3.28. The molecule has 1 aliphatic rings. The molecule has 0 bridgehead atoms. The summed E-state index contributed by atoms with van der Waals surface area (Å²) in [6, 6.07) is 1.87. The number of hydrogen-bond acceptors (Lipinski definition) is 4. The Bertz CT molecular complexity index is 450. The van der Waals surface area contributed by atoms with Crippen molar-refractivity contribution in [3.8, 4) is 11.4 Å². The minimum absolute atomic E-state index is 0.737. The zero-order chi connectivity index (χ0) is 9.38. The standard InChI is InChI=1S/C10H9N3O/c1-2-14-6-7(1)10-12-4-8-3-11-5-9(8)13-10/h1-2,4,6,11H,3,5H2. The molecule has 4 nitrogen and oxygen atoms in total. The molecule has 0 unspecified atom stereocenters. The third-order valence-corrected chi connectivity index (χ3v) is 2.34. The van der Waals surface area contributed by atoms with Crippen molar-refractivity contribution in [3.63, 3.8) is 0 Å². The average molecular weight is 187 g/mol. The van der Waals surface area contributed by atoms with E-state index in [0.717, 1.165) is 30.2 Å². The van der Waals surface area contributed by atoms with Crippen molar-refractivity contribution in [2.45, 2.75) is 13.1 Å². The molecule has 3 heterocycles. The number of hydrogen-bond donors (Lipinski definition) is 1. The molecule has 3 rings (SSSR count). The lowest BCUT2D eigenvalue weighted by Crippen LogP contribution is -2.00. The quantitative estimate of drug-likeness (QED) is 0.732. The Kier molecular flexibility index (Phi) is 1.61. The van der Waals surface area contributed by atoms with Crippen LogP contribution in [0.2, 0.25) is 0 Å². The van der Waals surface area contributed by atoms with Gasteiger partial charge in [0.25, 0.3) is 0 Å². The van der Waals surface area contributed by atoms with Gasteiger partial charge in [-0.15, -0.1) is 0 Å². The lowest BCUT2D eigenvalue weighted by atomic mass is 10.2. The molecule has 14 heavy (non-hydrogen) atoms. The van der Waals surface area contributed by atoms with Gasteiger partial charge in [-0.1, -0.05) is 0 Å². The predicted molar refractivity (Wildman–Crippen MR) is 50.3 cm³/mol. The Hall–Kier alpha value is -1.68. The van der Waals surface area contributed by atoms with Gasteiger partial charge in [-0.05, 0) is 6.07 Å². The summed E-state index contributed by atoms with van der Waals surface area (Å²) < 4.78 is 4.99. The number of furan rings is 1. The van der Waals surface area contributed by atoms with Gasteiger partial charge in [0.1, 0.15) is 6.26 Å². The lowest BCUT2D eigenvalue weighted by molar-refractivity contribution is 0.568. The molecule has 4 heteroatoms. The number of rotatable bonds is 1. The van der Waals surface area contributed by atoms with Crippen LogP contribution in [0.15, 0.2) is 29.2 Å². The zero-order valence-corrected chi connectivity index (χ0v) is 7.53. The van der Waals surface area contributed by atoms with E-state index >= 15 is 0 Å². The Balaban J connectivity index is 2.09. The molecule has 0 atom stereocenters. The second-order valence-corrected chi connectivity index (χ2v) is 3.28. The van der Waals surface area contributed by atoms with Crippen molar-refractivity contribution < 1.29 is 4.42 Å². The molecule has 0 fully saturated rings. The van der Waals surface area contributed by atoms with E-state index in [0.29, 0.717) is 0 Å². The first-order valence-corrected chi connectivity index (χ1v) is 4.51. The maximum Gasteiger partial charge on any atom is 0.162 e. The monoisotopic (exact) mass is 187 g/mol. The van der Waals surface area contributed by atoms with E-state index in [1.807, 2.05) is 12.3 Å². The Morgan fingerprint density at radius 3 is 3.21 bits per heavy atom. The van der Waals surface area contributed by atoms with Crippen LogP contribution >= 0.6 is 0 Å². The van der Waals surface area contributed by atoms with Crippen LogP contribution in [-0.2, 0) is 13.1 Å². The van der Waals surface area contributed by atoms with Crippen molar-refractivity contribution in [1.82, 2.24) is 15.3 Å². The molecule has 0 saturated carbocycles. The van der Waals surface area contributed by atoms with E-state index in [9.17, 15) is 0 Å². The lowest BCUT2D eigenvalue weighted by Gasteiger charge is -1.98. The van der Waals surface area contributed by atoms with Gasteiger partial charge in [-0.2, -0.15) is 0 Å². The highest BCUT2D eigenvalue weighted by atomic mass is 16.3. The molecule has 0 amide bonds. The van der Waals surface area contributed by atoms with Crippen molar-refractivity contribution in [2.75, 3.05) is 0 Å². The Labute approximate surface area is 81.0 Å². The predicted octanol–water partition coefficient (Wildman–Crippen LogP) is 1.34. The molecule has 0 saturated heterocycles. The first kappa shape index (κ1) is 7.70. The van der Waals surface area contributed by atoms with Crippen LogP contribution in [0.25, 0.3) is 11.4 Å². The van der Waals surface area contributed by atoms with E-state index in [1.54, 1.807) is 12.5 Å². The van der Waals surface area contributed by atoms with Crippen LogP contribution in [0.1, 0.15) is 11.3 Å². The molecule has 1 N–H and O–H groups in total. The Morgan fingerprint density at radius 2 is 2.36 bits per heavy atom. The van der Waals surface area contributed by atoms with Gasteiger partial charge in [0.05, 0.1) is 17.5 Å². The highest BCUT2D eigenvalue weighted by Gasteiger charge is 2.13. The maximum absolute atomic E-state index is 4.99. The van der Waals surface area contributed by atoms with E-state index in [1.165, 1.54) is 5.56 Å². The molecule has 2 aromatic heterocycles. The minimum Gasteiger partial charge on any atom is -0.472 e. The van der Waals surface area contributed by atoms with Gasteiger partial charge < -0.3 is 9.73 Å². The van der Waals surface area contributed by atoms with Crippen molar-refractivity contribution in [2.24, 2.45) is 0 Å². The topological polar surface area (TPSA) is 51.0 Å². The van der Waals surface area contributed by atoms with Crippen molar-refractivity contribution in [1.29, 1.82) is 0 Å². The molecular weight excluding hydrogens is 178 g/mol. The van der Waals surface area contributed by atoms with Gasteiger partial charge in [0.2, 0.25) is 0 Å². The summed E-state index contributed by atoms with van der Waals surface area (Å²) in [6.07, 6.45) is 5.17. The second kappa shape index (κ2) is 2.92. The minimum atomic E-state index is 0.737. The van der Waals surface area contributed by atoms with Crippen molar-refractivity contribution >= 4 is 0 Å². The van der Waals surface area contributed by atoms with Crippen molar-refractivity contribution in [3.05, 3.63) is 36.0 Å². The summed E-state index contributed by atoms with van der Waals surface area (Å²) in [5.41, 5.74) is 3.22. The van der Waals surface area contributed by atoms with E-state index < -0.39 is 0 Å². The maximum atomic E-state index is 4.99. The van der Waals surface area contributed by atoms with E-state index in [2.05, 4.69) is 15.3 Å². The third kappa shape index (κ3) is 1.12. The van der Waals surface area contributed by atoms with Crippen LogP contribution in [0.5, 0.6) is 0 Å². The molecule has 0 aromatic carbocycles. The van der Waals surface area contributed by atoms with Gasteiger partial charge in [-0.3, -0.25) is 0 Å². The summed E-state index contributed by atoms with van der Waals surface area (Å²) in [5.74, 6) is 0.737. The first-order chi connectivity index (χ1) is 6.93. The van der Waals surface area contributed by atoms with E-state index in [-0.39, 0.29) is 0 Å². The average Bonchev–Trinajstić information content (AvgIpc) is 2.88. The molecular formula is C10H9N3O. The fourth-order valence-corrected chi connectivity index (χ4v) is 1.59. The van der Waals surface area contributed by atoms with Crippen LogP contribution in [0, 0.1) is 0 Å². The third-order valence-electron chi connectivity index (χ3n) is 2.34. The molecule has 1 aliphatic heterocycles. The number of aromatic nitrogens is 2. The van der Waals surface area contributed by atoms with Gasteiger partial charge in [-0.25, -0.2) is 9.97 Å². The van der Waals surface area contributed by atoms with E-state index in [4.69, 9.17) is 4.42 Å². The largest absolute Gasteiger partial charge is 0.472 e. The van der Waals surface area contributed by atoms with Gasteiger partial charge >= 0.3 is 0 Å². The highest BCUT2D eigenvalue weighted by Crippen LogP contribution is 2.18. The summed E-state index contributed by atoms with van der Waals surface area (Å²) in [6.45, 7) is 1.71. The molecule has 2 aromatic rings. The molecule has 70 valence electrons. The zero-order valence-electron chi connectivity index (χ0n) is 7.53. The Morgan fingerprint density at radius 1 is 1.36 bits per heavy atom. The smallest absolute Gasteiger partial charge is 0.162 e. The fourth-order valence-electron chi connectivity index (χ4n) is 1.59. The number of nitrogens with one attached hydrogen (secondary N) is 1. The SMILES string of the molecule is c1cc(-c2ncc3c(n2)CNC3)co1. The van der Waals surface area contributed by atoms with Crippen LogP contribution in [0.4, 0.5) is 0 Å². The van der Waals surface area contributed by atoms with Gasteiger partial charge in [0.15, 0.2) is 5.82 Å². The normalized spacial score (nSPS) is 14.3. The summed E-state index contributed by atoms with van der Waals surface area (Å²) >= 11 is 0. The highest BCUT2D eigenvalue weighted by molar-refractivity contribution is 5.52. The number of fused-ring (bicyclic) bond motifs is 1. The first-order valence-electron chi connectivity index (χ1n) is 4.51. The molecule has 0 radical (unpaired) electrons. The van der Waals surface area contributed by atoms with Crippen LogP contribution < -0.4 is 5.32 Å². The molecule has 0 spiro atoms. The fraction of sp³-hybridized carbons (Fsp3) is 0.200. The summed E-state index contributed by atoms with van der Waals surface area (Å²) in [4.78, 5) is 8.74. The molecule has 0 aliphatic carbocycles. The van der Waals surface area contributed by atoms with Gasteiger partial charge in [0, 0.05) is 24.8 Å². The summed E-state index contributed by atoms with van der Waals surface area (Å²) in [7, 11) is 0. The van der Waals surface area contributed by atoms with Crippen LogP contribution in [-0.4, -0.2) is 9.97 Å².